The average molecular weight is 375 g/mol. The van der Waals surface area contributed by atoms with Crippen LogP contribution in [0.25, 0.3) is 0 Å². The second-order valence-electron chi connectivity index (χ2n) is 8.97. The smallest absolute Gasteiger partial charge is 0.243 e. The predicted molar refractivity (Wildman–Crippen MR) is 104 cm³/mol. The van der Waals surface area contributed by atoms with Crippen LogP contribution in [0.3, 0.4) is 0 Å². The largest absolute Gasteiger partial charge is 0.350 e. The van der Waals surface area contributed by atoms with Gasteiger partial charge in [-0.15, -0.1) is 0 Å². The van der Waals surface area contributed by atoms with Crippen molar-refractivity contribution in [2.45, 2.75) is 65.0 Å². The number of nitrogens with one attached hydrogen (secondary N) is 1. The maximum Gasteiger partial charge on any atom is 0.243 e. The van der Waals surface area contributed by atoms with Crippen LogP contribution >= 0.6 is 0 Å². The van der Waals surface area contributed by atoms with Gasteiger partial charge < -0.3 is 10.2 Å². The molecule has 0 radical (unpaired) electrons. The molecule has 1 aromatic carbocycles. The minimum absolute atomic E-state index is 0.0204. The van der Waals surface area contributed by atoms with Gasteiger partial charge in [0.05, 0.1) is 0 Å². The molecule has 0 bridgehead atoms. The van der Waals surface area contributed by atoms with Gasteiger partial charge in [-0.3, -0.25) is 9.59 Å². The minimum Gasteiger partial charge on any atom is -0.350 e. The van der Waals surface area contributed by atoms with Crippen molar-refractivity contribution < 1.29 is 14.0 Å². The van der Waals surface area contributed by atoms with E-state index >= 15 is 0 Å². The molecule has 5 heteroatoms. The van der Waals surface area contributed by atoms with E-state index in [1.807, 2.05) is 4.90 Å². The lowest BCUT2D eigenvalue weighted by molar-refractivity contribution is -0.146. The molecule has 1 heterocycles. The first kappa shape index (κ1) is 19.8. The molecule has 3 rings (SSSR count). The van der Waals surface area contributed by atoms with Gasteiger partial charge in [0, 0.05) is 18.5 Å². The van der Waals surface area contributed by atoms with Crippen molar-refractivity contribution in [3.8, 4) is 0 Å². The van der Waals surface area contributed by atoms with E-state index in [-0.39, 0.29) is 41.6 Å². The molecule has 27 heavy (non-hydrogen) atoms. The predicted octanol–water partition coefficient (Wildman–Crippen LogP) is 3.72. The zero-order chi connectivity index (χ0) is 19.7. The number of carbonyl (C=O) groups is 2. The highest BCUT2D eigenvalue weighted by Crippen LogP contribution is 2.49. The molecule has 4 atom stereocenters. The zero-order valence-electron chi connectivity index (χ0n) is 16.7. The summed E-state index contributed by atoms with van der Waals surface area (Å²) in [5.74, 6) is 0.656. The Labute approximate surface area is 161 Å². The Balaban J connectivity index is 1.74. The Morgan fingerprint density at radius 2 is 1.78 bits per heavy atom. The van der Waals surface area contributed by atoms with E-state index in [0.29, 0.717) is 24.8 Å². The summed E-state index contributed by atoms with van der Waals surface area (Å²) in [6.07, 6.45) is 2.34. The second-order valence-corrected chi connectivity index (χ2v) is 8.97. The number of carbonyl (C=O) groups excluding carboxylic acids is 2. The third-order valence-corrected chi connectivity index (χ3v) is 5.58. The Bertz CT molecular complexity index is 686. The molecule has 1 N–H and O–H groups in total. The van der Waals surface area contributed by atoms with Crippen molar-refractivity contribution in [3.63, 3.8) is 0 Å². The van der Waals surface area contributed by atoms with E-state index < -0.39 is 0 Å². The average Bonchev–Trinajstić information content (AvgIpc) is 3.37. The lowest BCUT2D eigenvalue weighted by Crippen LogP contribution is -2.62. The van der Waals surface area contributed by atoms with Gasteiger partial charge in [-0.2, -0.15) is 0 Å². The fourth-order valence-electron chi connectivity index (χ4n) is 4.24. The van der Waals surface area contributed by atoms with Crippen LogP contribution in [0.15, 0.2) is 24.3 Å². The summed E-state index contributed by atoms with van der Waals surface area (Å²) >= 11 is 0. The van der Waals surface area contributed by atoms with Crippen molar-refractivity contribution in [3.05, 3.63) is 35.6 Å². The van der Waals surface area contributed by atoms with E-state index in [4.69, 9.17) is 0 Å². The van der Waals surface area contributed by atoms with Gasteiger partial charge in [-0.1, -0.05) is 39.8 Å². The number of hydrogen-bond donors (Lipinski definition) is 1. The molecule has 1 saturated heterocycles. The number of hydrogen-bond acceptors (Lipinski definition) is 2. The van der Waals surface area contributed by atoms with E-state index in [9.17, 15) is 14.0 Å². The van der Waals surface area contributed by atoms with Crippen LogP contribution in [0.2, 0.25) is 0 Å². The quantitative estimate of drug-likeness (QED) is 0.825. The van der Waals surface area contributed by atoms with E-state index in [1.165, 1.54) is 12.1 Å². The van der Waals surface area contributed by atoms with E-state index in [0.717, 1.165) is 18.4 Å². The fourth-order valence-corrected chi connectivity index (χ4v) is 4.24. The highest BCUT2D eigenvalue weighted by atomic mass is 19.1. The van der Waals surface area contributed by atoms with Crippen LogP contribution in [0.5, 0.6) is 0 Å². The molecular weight excluding hydrogens is 343 g/mol. The highest BCUT2D eigenvalue weighted by molar-refractivity contribution is 5.91. The van der Waals surface area contributed by atoms with Gasteiger partial charge in [-0.25, -0.2) is 4.39 Å². The lowest BCUT2D eigenvalue weighted by Gasteiger charge is -2.41. The summed E-state index contributed by atoms with van der Waals surface area (Å²) in [6, 6.07) is 6.07. The molecule has 2 fully saturated rings. The topological polar surface area (TPSA) is 49.4 Å². The summed E-state index contributed by atoms with van der Waals surface area (Å²) in [4.78, 5) is 27.8. The Morgan fingerprint density at radius 3 is 2.37 bits per heavy atom. The van der Waals surface area contributed by atoms with Crippen LogP contribution < -0.4 is 5.32 Å². The third kappa shape index (κ3) is 4.69. The van der Waals surface area contributed by atoms with Gasteiger partial charge in [0.25, 0.3) is 0 Å². The van der Waals surface area contributed by atoms with Gasteiger partial charge in [0.2, 0.25) is 11.8 Å². The van der Waals surface area contributed by atoms with Crippen LogP contribution in [-0.2, 0) is 9.59 Å². The molecule has 1 aliphatic heterocycles. The van der Waals surface area contributed by atoms with Crippen molar-refractivity contribution >= 4 is 11.8 Å². The lowest BCUT2D eigenvalue weighted by atomic mass is 9.94. The summed E-state index contributed by atoms with van der Waals surface area (Å²) in [6.45, 7) is 9.00. The number of amides is 2. The van der Waals surface area contributed by atoms with Gasteiger partial charge in [-0.05, 0) is 54.7 Å². The van der Waals surface area contributed by atoms with E-state index in [2.05, 4.69) is 33.0 Å². The fraction of sp³-hybridized carbons (Fsp3) is 0.636. The Kier molecular flexibility index (Phi) is 5.87. The van der Waals surface area contributed by atoms with Gasteiger partial charge in [0.1, 0.15) is 11.9 Å². The van der Waals surface area contributed by atoms with Crippen molar-refractivity contribution in [2.75, 3.05) is 6.54 Å². The molecule has 148 valence electrons. The Hall–Kier alpha value is -1.91. The monoisotopic (exact) mass is 374 g/mol. The van der Waals surface area contributed by atoms with E-state index in [1.54, 1.807) is 12.1 Å². The molecule has 0 unspecified atom stereocenters. The molecule has 1 aliphatic carbocycles. The standard InChI is InChI=1S/C22H31FN2O2/c1-13(2)9-17-12-25(20(10-14(3)4)21(26)24-17)22(27)19-11-18(19)15-5-7-16(23)8-6-15/h5-8,13-14,17-20H,9-12H2,1-4H3,(H,24,26)/t17-,18-,19+,20-/m0/s1. The van der Waals surface area contributed by atoms with Crippen LogP contribution in [0, 0.1) is 23.6 Å². The highest BCUT2D eigenvalue weighted by Gasteiger charge is 2.49. The molecule has 2 aliphatic rings. The number of nitrogens with zero attached hydrogens (tertiary/aromatic N) is 1. The van der Waals surface area contributed by atoms with Crippen molar-refractivity contribution in [2.24, 2.45) is 17.8 Å². The van der Waals surface area contributed by atoms with Crippen molar-refractivity contribution in [1.29, 1.82) is 0 Å². The molecule has 2 amide bonds. The zero-order valence-corrected chi connectivity index (χ0v) is 16.7. The normalized spacial score (nSPS) is 27.8. The first-order valence-corrected chi connectivity index (χ1v) is 10.1. The number of benzene rings is 1. The minimum atomic E-state index is -0.379. The molecule has 1 saturated carbocycles. The first-order chi connectivity index (χ1) is 12.8. The number of rotatable bonds is 6. The van der Waals surface area contributed by atoms with Crippen molar-refractivity contribution in [1.82, 2.24) is 10.2 Å². The van der Waals surface area contributed by atoms with Crippen LogP contribution in [0.4, 0.5) is 4.39 Å². The number of piperazine rings is 1. The maximum absolute atomic E-state index is 13.3. The molecular formula is C22H31FN2O2. The summed E-state index contributed by atoms with van der Waals surface area (Å²) in [5.41, 5.74) is 1.01. The molecule has 4 nitrogen and oxygen atoms in total. The molecule has 0 spiro atoms. The summed E-state index contributed by atoms with van der Waals surface area (Å²) in [7, 11) is 0. The van der Waals surface area contributed by atoms with Crippen LogP contribution in [0.1, 0.15) is 58.4 Å². The first-order valence-electron chi connectivity index (χ1n) is 10.1. The SMILES string of the molecule is CC(C)C[C@H]1CN(C(=O)[C@@H]2C[C@H]2c2ccc(F)cc2)[C@@H](CC(C)C)C(=O)N1. The third-order valence-electron chi connectivity index (χ3n) is 5.58. The summed E-state index contributed by atoms with van der Waals surface area (Å²) in [5, 5.41) is 3.12. The van der Waals surface area contributed by atoms with Gasteiger partial charge >= 0.3 is 0 Å². The number of halogens is 1. The van der Waals surface area contributed by atoms with Crippen LogP contribution in [-0.4, -0.2) is 35.3 Å². The molecule has 0 aromatic heterocycles. The molecule has 1 aromatic rings. The summed E-state index contributed by atoms with van der Waals surface area (Å²) < 4.78 is 13.2. The maximum atomic E-state index is 13.3. The Morgan fingerprint density at radius 1 is 1.15 bits per heavy atom. The van der Waals surface area contributed by atoms with Gasteiger partial charge in [0.15, 0.2) is 0 Å². The second kappa shape index (κ2) is 7.99.